The Hall–Kier alpha value is -2.27. The van der Waals surface area contributed by atoms with E-state index in [2.05, 4.69) is 29.7 Å². The molecule has 0 fully saturated rings. The molecular weight excluding hydrogens is 376 g/mol. The molecule has 3 aromatic carbocycles. The van der Waals surface area contributed by atoms with Gasteiger partial charge in [-0.15, -0.1) is 0 Å². The van der Waals surface area contributed by atoms with E-state index in [1.165, 1.54) is 11.1 Å². The molecule has 0 saturated heterocycles. The number of nitrogens with zero attached hydrogens (tertiary/aromatic N) is 2. The minimum absolute atomic E-state index is 0.0439. The molecule has 0 bridgehead atoms. The van der Waals surface area contributed by atoms with E-state index in [4.69, 9.17) is 16.6 Å². The van der Waals surface area contributed by atoms with E-state index < -0.39 is 0 Å². The van der Waals surface area contributed by atoms with Crippen molar-refractivity contribution in [1.82, 2.24) is 9.55 Å². The summed E-state index contributed by atoms with van der Waals surface area (Å²) in [6.45, 7) is 2.13. The molecule has 0 radical (unpaired) electrons. The quantitative estimate of drug-likeness (QED) is 0.436. The lowest BCUT2D eigenvalue weighted by molar-refractivity contribution is 0.282. The van der Waals surface area contributed by atoms with Gasteiger partial charge < -0.3 is 5.11 Å². The van der Waals surface area contributed by atoms with Gasteiger partial charge in [-0.1, -0.05) is 53.7 Å². The second-order valence-electron chi connectivity index (χ2n) is 6.46. The lowest BCUT2D eigenvalue weighted by Crippen LogP contribution is -1.97. The summed E-state index contributed by atoms with van der Waals surface area (Å²) in [4.78, 5) is 4.86. The second kappa shape index (κ2) is 7.77. The van der Waals surface area contributed by atoms with Gasteiger partial charge in [0.25, 0.3) is 0 Å². The van der Waals surface area contributed by atoms with Crippen LogP contribution >= 0.6 is 23.4 Å². The van der Waals surface area contributed by atoms with Crippen LogP contribution in [0.1, 0.15) is 16.7 Å². The summed E-state index contributed by atoms with van der Waals surface area (Å²) in [5.74, 6) is 0.814. The summed E-state index contributed by atoms with van der Waals surface area (Å²) in [5, 5.41) is 11.0. The second-order valence-corrected chi connectivity index (χ2v) is 7.84. The number of aliphatic hydroxyl groups excluding tert-OH is 1. The number of aryl methyl sites for hydroxylation is 1. The van der Waals surface area contributed by atoms with Crippen LogP contribution in [0.15, 0.2) is 71.9 Å². The molecule has 0 saturated carbocycles. The van der Waals surface area contributed by atoms with Crippen molar-refractivity contribution in [2.24, 2.45) is 0 Å². The van der Waals surface area contributed by atoms with Crippen molar-refractivity contribution in [2.45, 2.75) is 24.4 Å². The van der Waals surface area contributed by atoms with Crippen LogP contribution in [0.5, 0.6) is 0 Å². The van der Waals surface area contributed by atoms with Crippen LogP contribution in [0, 0.1) is 6.92 Å². The highest BCUT2D eigenvalue weighted by molar-refractivity contribution is 7.98. The highest BCUT2D eigenvalue weighted by atomic mass is 35.5. The zero-order valence-electron chi connectivity index (χ0n) is 14.9. The molecule has 0 aliphatic heterocycles. The number of rotatable bonds is 5. The number of aliphatic hydroxyl groups is 1. The van der Waals surface area contributed by atoms with E-state index in [9.17, 15) is 5.11 Å². The van der Waals surface area contributed by atoms with Gasteiger partial charge in [0.2, 0.25) is 0 Å². The van der Waals surface area contributed by atoms with Crippen molar-refractivity contribution in [3.8, 4) is 5.69 Å². The third kappa shape index (κ3) is 3.88. The predicted molar refractivity (Wildman–Crippen MR) is 113 cm³/mol. The summed E-state index contributed by atoms with van der Waals surface area (Å²) in [6, 6.07) is 22.2. The van der Waals surface area contributed by atoms with Crippen LogP contribution in [0.25, 0.3) is 16.7 Å². The third-order valence-corrected chi connectivity index (χ3v) is 5.70. The Kier molecular flexibility index (Phi) is 5.21. The number of fused-ring (bicyclic) bond motifs is 1. The summed E-state index contributed by atoms with van der Waals surface area (Å²) in [6.07, 6.45) is 0. The van der Waals surface area contributed by atoms with Crippen LogP contribution in [0.3, 0.4) is 0 Å². The average Bonchev–Trinajstić information content (AvgIpc) is 3.05. The minimum Gasteiger partial charge on any atom is -0.392 e. The largest absolute Gasteiger partial charge is 0.392 e. The topological polar surface area (TPSA) is 38.0 Å². The van der Waals surface area contributed by atoms with Crippen LogP contribution < -0.4 is 0 Å². The lowest BCUT2D eigenvalue weighted by atomic mass is 10.2. The monoisotopic (exact) mass is 394 g/mol. The zero-order valence-corrected chi connectivity index (χ0v) is 16.5. The Balaban J connectivity index is 1.75. The Labute approximate surface area is 167 Å². The fourth-order valence-corrected chi connectivity index (χ4v) is 4.10. The summed E-state index contributed by atoms with van der Waals surface area (Å²) in [7, 11) is 0. The van der Waals surface area contributed by atoms with Gasteiger partial charge in [0.15, 0.2) is 5.16 Å². The molecule has 136 valence electrons. The maximum atomic E-state index is 9.32. The molecule has 3 nitrogen and oxygen atoms in total. The Morgan fingerprint density at radius 3 is 2.37 bits per heavy atom. The molecule has 0 unspecified atom stereocenters. The molecule has 5 heteroatoms. The number of hydrogen-bond donors (Lipinski definition) is 1. The molecule has 0 aliphatic rings. The number of aromatic nitrogens is 2. The molecular formula is C22H19ClN2OS. The molecule has 0 atom stereocenters. The van der Waals surface area contributed by atoms with Crippen LogP contribution in [0.2, 0.25) is 5.02 Å². The van der Waals surface area contributed by atoms with Crippen LogP contribution in [-0.2, 0) is 12.4 Å². The van der Waals surface area contributed by atoms with Gasteiger partial charge in [0, 0.05) is 16.5 Å². The normalized spacial score (nSPS) is 11.2. The lowest BCUT2D eigenvalue weighted by Gasteiger charge is -2.10. The molecule has 1 aromatic heterocycles. The number of benzene rings is 3. The van der Waals surface area contributed by atoms with Crippen LogP contribution in [-0.4, -0.2) is 14.7 Å². The zero-order chi connectivity index (χ0) is 18.8. The molecule has 1 N–H and O–H groups in total. The fraction of sp³-hybridized carbons (Fsp3) is 0.136. The van der Waals surface area contributed by atoms with Gasteiger partial charge in [-0.3, -0.25) is 4.57 Å². The van der Waals surface area contributed by atoms with Gasteiger partial charge in [0.1, 0.15) is 0 Å². The van der Waals surface area contributed by atoms with E-state index in [-0.39, 0.29) is 6.61 Å². The van der Waals surface area contributed by atoms with E-state index in [1.807, 2.05) is 48.5 Å². The van der Waals surface area contributed by atoms with Gasteiger partial charge in [0.05, 0.1) is 17.6 Å². The maximum Gasteiger partial charge on any atom is 0.174 e. The highest BCUT2D eigenvalue weighted by Crippen LogP contribution is 2.31. The maximum absolute atomic E-state index is 9.32. The summed E-state index contributed by atoms with van der Waals surface area (Å²) in [5.41, 5.74) is 6.41. The number of imidazole rings is 1. The molecule has 0 aliphatic carbocycles. The first-order chi connectivity index (χ1) is 13.1. The number of halogens is 1. The first kappa shape index (κ1) is 18.1. The number of thioether (sulfide) groups is 1. The van der Waals surface area contributed by atoms with Crippen molar-refractivity contribution >= 4 is 34.4 Å². The van der Waals surface area contributed by atoms with Crippen molar-refractivity contribution in [2.75, 3.05) is 0 Å². The molecule has 0 spiro atoms. The first-order valence-electron chi connectivity index (χ1n) is 8.70. The van der Waals surface area contributed by atoms with Gasteiger partial charge >= 0.3 is 0 Å². The van der Waals surface area contributed by atoms with E-state index >= 15 is 0 Å². The molecule has 4 aromatic rings. The summed E-state index contributed by atoms with van der Waals surface area (Å²) < 4.78 is 2.18. The molecule has 4 rings (SSSR count). The molecule has 0 amide bonds. The number of hydrogen-bond acceptors (Lipinski definition) is 3. The first-order valence-corrected chi connectivity index (χ1v) is 10.1. The van der Waals surface area contributed by atoms with Crippen molar-refractivity contribution in [3.63, 3.8) is 0 Å². The standard InChI is InChI=1S/C22H19ClN2OS/c1-15-2-11-20-21(12-15)25(19-9-5-16(13-26)6-10-19)22(24-20)27-14-17-3-7-18(23)8-4-17/h2-12,26H,13-14H2,1H3. The Bertz CT molecular complexity index is 1070. The summed E-state index contributed by atoms with van der Waals surface area (Å²) >= 11 is 7.69. The highest BCUT2D eigenvalue weighted by Gasteiger charge is 2.13. The van der Waals surface area contributed by atoms with E-state index in [0.29, 0.717) is 0 Å². The van der Waals surface area contributed by atoms with Crippen LogP contribution in [0.4, 0.5) is 0 Å². The van der Waals surface area contributed by atoms with Crippen molar-refractivity contribution < 1.29 is 5.11 Å². The fourth-order valence-electron chi connectivity index (χ4n) is 2.99. The van der Waals surface area contributed by atoms with Gasteiger partial charge in [-0.25, -0.2) is 4.98 Å². The Morgan fingerprint density at radius 2 is 1.67 bits per heavy atom. The smallest absolute Gasteiger partial charge is 0.174 e. The van der Waals surface area contributed by atoms with E-state index in [0.717, 1.165) is 38.2 Å². The SMILES string of the molecule is Cc1ccc2nc(SCc3ccc(Cl)cc3)n(-c3ccc(CO)cc3)c2c1. The molecule has 1 heterocycles. The van der Waals surface area contributed by atoms with Crippen molar-refractivity contribution in [1.29, 1.82) is 0 Å². The van der Waals surface area contributed by atoms with Gasteiger partial charge in [-0.05, 0) is 60.0 Å². The molecule has 27 heavy (non-hydrogen) atoms. The van der Waals surface area contributed by atoms with Crippen molar-refractivity contribution in [3.05, 3.63) is 88.4 Å². The average molecular weight is 395 g/mol. The Morgan fingerprint density at radius 1 is 0.963 bits per heavy atom. The minimum atomic E-state index is 0.0439. The predicted octanol–water partition coefficient (Wildman–Crippen LogP) is 5.77. The van der Waals surface area contributed by atoms with E-state index in [1.54, 1.807) is 11.8 Å². The van der Waals surface area contributed by atoms with Gasteiger partial charge in [-0.2, -0.15) is 0 Å². The third-order valence-electron chi connectivity index (χ3n) is 4.44.